The summed E-state index contributed by atoms with van der Waals surface area (Å²) in [6, 6.07) is 0.220. The van der Waals surface area contributed by atoms with Crippen LogP contribution in [0.2, 0.25) is 0 Å². The van der Waals surface area contributed by atoms with Gasteiger partial charge in [0.1, 0.15) is 0 Å². The maximum absolute atomic E-state index is 11.6. The van der Waals surface area contributed by atoms with Gasteiger partial charge in [0, 0.05) is 25.6 Å². The van der Waals surface area contributed by atoms with Crippen molar-refractivity contribution in [2.24, 2.45) is 11.1 Å². The maximum atomic E-state index is 11.6. The smallest absolute Gasteiger partial charge is 0.221 e. The first kappa shape index (κ1) is 17.4. The molecule has 0 atom stereocenters. The van der Waals surface area contributed by atoms with Gasteiger partial charge in [-0.2, -0.15) is 0 Å². The summed E-state index contributed by atoms with van der Waals surface area (Å²) in [4.78, 5) is 14.0. The molecular weight excluding hydrogens is 226 g/mol. The predicted molar refractivity (Wildman–Crippen MR) is 77.5 cm³/mol. The van der Waals surface area contributed by atoms with E-state index in [0.717, 1.165) is 26.1 Å². The van der Waals surface area contributed by atoms with Gasteiger partial charge in [-0.1, -0.05) is 20.8 Å². The third-order valence-electron chi connectivity index (χ3n) is 2.85. The van der Waals surface area contributed by atoms with Gasteiger partial charge in [-0.05, 0) is 38.8 Å². The van der Waals surface area contributed by atoms with Crippen molar-refractivity contribution in [1.82, 2.24) is 10.2 Å². The standard InChI is InChI=1S/C14H31N3O/c1-6-8-17(11-14(4,5)10-15)9-7-13(18)16-12(2)3/h12H,6-11,15H2,1-5H3,(H,16,18). The molecule has 0 aromatic heterocycles. The molecule has 18 heavy (non-hydrogen) atoms. The zero-order valence-electron chi connectivity index (χ0n) is 12.8. The molecule has 0 saturated carbocycles. The lowest BCUT2D eigenvalue weighted by Crippen LogP contribution is -2.41. The van der Waals surface area contributed by atoms with Crippen LogP contribution >= 0.6 is 0 Å². The van der Waals surface area contributed by atoms with Crippen molar-refractivity contribution in [3.8, 4) is 0 Å². The second kappa shape index (κ2) is 8.48. The average molecular weight is 257 g/mol. The van der Waals surface area contributed by atoms with Crippen LogP contribution in [0.3, 0.4) is 0 Å². The Balaban J connectivity index is 4.15. The van der Waals surface area contributed by atoms with Crippen molar-refractivity contribution in [3.63, 3.8) is 0 Å². The van der Waals surface area contributed by atoms with Crippen LogP contribution < -0.4 is 11.1 Å². The van der Waals surface area contributed by atoms with Gasteiger partial charge in [0.25, 0.3) is 0 Å². The highest BCUT2D eigenvalue weighted by atomic mass is 16.1. The topological polar surface area (TPSA) is 58.4 Å². The van der Waals surface area contributed by atoms with E-state index in [9.17, 15) is 4.79 Å². The first-order chi connectivity index (χ1) is 8.30. The Morgan fingerprint density at radius 3 is 2.39 bits per heavy atom. The van der Waals surface area contributed by atoms with Crippen LogP contribution in [-0.2, 0) is 4.79 Å². The Labute approximate surface area is 112 Å². The fraction of sp³-hybridized carbons (Fsp3) is 0.929. The van der Waals surface area contributed by atoms with Gasteiger partial charge in [0.2, 0.25) is 5.91 Å². The summed E-state index contributed by atoms with van der Waals surface area (Å²) in [5.41, 5.74) is 5.88. The SMILES string of the molecule is CCCN(CCC(=O)NC(C)C)CC(C)(C)CN. The molecule has 0 aliphatic carbocycles. The van der Waals surface area contributed by atoms with Crippen molar-refractivity contribution in [2.75, 3.05) is 26.2 Å². The van der Waals surface area contributed by atoms with Gasteiger partial charge in [0.15, 0.2) is 0 Å². The van der Waals surface area contributed by atoms with Crippen LogP contribution in [-0.4, -0.2) is 43.0 Å². The number of rotatable bonds is 9. The Hall–Kier alpha value is -0.610. The van der Waals surface area contributed by atoms with E-state index in [1.54, 1.807) is 0 Å². The molecule has 0 aromatic carbocycles. The zero-order chi connectivity index (χ0) is 14.2. The number of nitrogens with two attached hydrogens (primary N) is 1. The Morgan fingerprint density at radius 1 is 1.33 bits per heavy atom. The summed E-state index contributed by atoms with van der Waals surface area (Å²) in [6.07, 6.45) is 1.67. The molecule has 4 heteroatoms. The van der Waals surface area contributed by atoms with Crippen LogP contribution in [0.25, 0.3) is 0 Å². The lowest BCUT2D eigenvalue weighted by molar-refractivity contribution is -0.122. The molecule has 0 aromatic rings. The summed E-state index contributed by atoms with van der Waals surface area (Å²) >= 11 is 0. The number of carbonyl (C=O) groups excluding carboxylic acids is 1. The fourth-order valence-corrected chi connectivity index (χ4v) is 1.91. The zero-order valence-corrected chi connectivity index (χ0v) is 12.8. The minimum Gasteiger partial charge on any atom is -0.354 e. The number of nitrogens with one attached hydrogen (secondary N) is 1. The van der Waals surface area contributed by atoms with Crippen LogP contribution in [0, 0.1) is 5.41 Å². The molecule has 0 aliphatic rings. The summed E-state index contributed by atoms with van der Waals surface area (Å²) in [7, 11) is 0. The normalized spacial score (nSPS) is 12.2. The summed E-state index contributed by atoms with van der Waals surface area (Å²) < 4.78 is 0. The van der Waals surface area contributed by atoms with Gasteiger partial charge in [-0.15, -0.1) is 0 Å². The molecule has 0 rings (SSSR count). The molecule has 0 saturated heterocycles. The molecule has 0 fully saturated rings. The van der Waals surface area contributed by atoms with E-state index in [1.807, 2.05) is 13.8 Å². The van der Waals surface area contributed by atoms with Crippen LogP contribution in [0.5, 0.6) is 0 Å². The quantitative estimate of drug-likeness (QED) is 0.659. The summed E-state index contributed by atoms with van der Waals surface area (Å²) in [6.45, 7) is 13.9. The minimum atomic E-state index is 0.115. The van der Waals surface area contributed by atoms with Crippen LogP contribution in [0.1, 0.15) is 47.5 Å². The second-order valence-corrected chi connectivity index (χ2v) is 6.12. The monoisotopic (exact) mass is 257 g/mol. The van der Waals surface area contributed by atoms with E-state index in [0.29, 0.717) is 13.0 Å². The molecule has 0 aliphatic heterocycles. The molecular formula is C14H31N3O. The van der Waals surface area contributed by atoms with Gasteiger partial charge in [-0.25, -0.2) is 0 Å². The van der Waals surface area contributed by atoms with Crippen LogP contribution in [0.4, 0.5) is 0 Å². The van der Waals surface area contributed by atoms with Gasteiger partial charge in [-0.3, -0.25) is 4.79 Å². The summed E-state index contributed by atoms with van der Waals surface area (Å²) in [5.74, 6) is 0.136. The average Bonchev–Trinajstić information content (AvgIpc) is 2.25. The first-order valence-electron chi connectivity index (χ1n) is 7.02. The number of carbonyl (C=O) groups is 1. The van der Waals surface area contributed by atoms with Gasteiger partial charge < -0.3 is 16.0 Å². The van der Waals surface area contributed by atoms with Crippen molar-refractivity contribution in [3.05, 3.63) is 0 Å². The highest BCUT2D eigenvalue weighted by Crippen LogP contribution is 2.15. The molecule has 4 nitrogen and oxygen atoms in total. The molecule has 0 spiro atoms. The number of nitrogens with zero attached hydrogens (tertiary/aromatic N) is 1. The molecule has 1 amide bonds. The number of hydrogen-bond donors (Lipinski definition) is 2. The van der Waals surface area contributed by atoms with Crippen LogP contribution in [0.15, 0.2) is 0 Å². The van der Waals surface area contributed by atoms with Crippen molar-refractivity contribution >= 4 is 5.91 Å². The Morgan fingerprint density at radius 2 is 1.94 bits per heavy atom. The Bertz CT molecular complexity index is 239. The highest BCUT2D eigenvalue weighted by Gasteiger charge is 2.20. The number of hydrogen-bond acceptors (Lipinski definition) is 3. The molecule has 0 radical (unpaired) electrons. The molecule has 108 valence electrons. The van der Waals surface area contributed by atoms with Gasteiger partial charge >= 0.3 is 0 Å². The highest BCUT2D eigenvalue weighted by molar-refractivity contribution is 5.76. The van der Waals surface area contributed by atoms with Crippen molar-refractivity contribution in [1.29, 1.82) is 0 Å². The lowest BCUT2D eigenvalue weighted by atomic mass is 9.93. The summed E-state index contributed by atoms with van der Waals surface area (Å²) in [5, 5.41) is 2.93. The third-order valence-corrected chi connectivity index (χ3v) is 2.85. The van der Waals surface area contributed by atoms with E-state index in [2.05, 4.69) is 31.0 Å². The second-order valence-electron chi connectivity index (χ2n) is 6.12. The van der Waals surface area contributed by atoms with E-state index < -0.39 is 0 Å². The Kier molecular flexibility index (Phi) is 8.20. The van der Waals surface area contributed by atoms with Crippen molar-refractivity contribution < 1.29 is 4.79 Å². The van der Waals surface area contributed by atoms with Crippen molar-refractivity contribution in [2.45, 2.75) is 53.5 Å². The lowest BCUT2D eigenvalue weighted by Gasteiger charge is -2.31. The largest absolute Gasteiger partial charge is 0.354 e. The van der Waals surface area contributed by atoms with Gasteiger partial charge in [0.05, 0.1) is 0 Å². The minimum absolute atomic E-state index is 0.115. The van der Waals surface area contributed by atoms with E-state index in [-0.39, 0.29) is 17.4 Å². The maximum Gasteiger partial charge on any atom is 0.221 e. The fourth-order valence-electron chi connectivity index (χ4n) is 1.91. The predicted octanol–water partition coefficient (Wildman–Crippen LogP) is 1.60. The third kappa shape index (κ3) is 8.48. The molecule has 3 N–H and O–H groups in total. The van der Waals surface area contributed by atoms with E-state index in [1.165, 1.54) is 0 Å². The molecule has 0 heterocycles. The van der Waals surface area contributed by atoms with E-state index in [4.69, 9.17) is 5.73 Å². The van der Waals surface area contributed by atoms with E-state index >= 15 is 0 Å². The number of amides is 1. The first-order valence-corrected chi connectivity index (χ1v) is 7.02. The molecule has 0 bridgehead atoms. The molecule has 0 unspecified atom stereocenters.